The summed E-state index contributed by atoms with van der Waals surface area (Å²) in [6.07, 6.45) is 0.391. The van der Waals surface area contributed by atoms with Crippen LogP contribution < -0.4 is 4.74 Å². The SMILES string of the molecule is Cc1nnn(-c2ccc(C(F)F)cc2)c1COc1ccc(-n2cncn2)nn1. The second-order valence-corrected chi connectivity index (χ2v) is 5.78. The first kappa shape index (κ1) is 17.6. The Hall–Kier alpha value is -3.76. The van der Waals surface area contributed by atoms with E-state index in [4.69, 9.17) is 4.74 Å². The third-order valence-electron chi connectivity index (χ3n) is 3.98. The van der Waals surface area contributed by atoms with Crippen LogP contribution in [0.15, 0.2) is 49.1 Å². The highest BCUT2D eigenvalue weighted by atomic mass is 19.3. The van der Waals surface area contributed by atoms with Crippen LogP contribution in [0.5, 0.6) is 5.88 Å². The summed E-state index contributed by atoms with van der Waals surface area (Å²) in [6, 6.07) is 9.19. The average Bonchev–Trinajstić information content (AvgIpc) is 3.37. The second-order valence-electron chi connectivity index (χ2n) is 5.78. The standard InChI is InChI=1S/C17H14F2N8O/c1-11-14(27(25-22-11)13-4-2-12(3-5-13)17(18)19)8-28-16-7-6-15(23-24-16)26-10-20-9-21-26/h2-7,9-10,17H,8H2,1H3. The van der Waals surface area contributed by atoms with Crippen molar-refractivity contribution in [1.29, 1.82) is 0 Å². The van der Waals surface area contributed by atoms with Gasteiger partial charge in [-0.1, -0.05) is 17.3 Å². The third-order valence-corrected chi connectivity index (χ3v) is 3.98. The maximum Gasteiger partial charge on any atom is 0.263 e. The lowest BCUT2D eigenvalue weighted by Gasteiger charge is -2.09. The quantitative estimate of drug-likeness (QED) is 0.504. The third kappa shape index (κ3) is 3.54. The van der Waals surface area contributed by atoms with Crippen LogP contribution in [0.4, 0.5) is 8.78 Å². The molecule has 0 amide bonds. The van der Waals surface area contributed by atoms with Crippen LogP contribution in [0.1, 0.15) is 23.4 Å². The highest BCUT2D eigenvalue weighted by molar-refractivity contribution is 5.36. The van der Waals surface area contributed by atoms with E-state index in [9.17, 15) is 8.78 Å². The molecule has 11 heteroatoms. The van der Waals surface area contributed by atoms with Crippen molar-refractivity contribution in [3.05, 3.63) is 66.0 Å². The Morgan fingerprint density at radius 1 is 1.04 bits per heavy atom. The number of nitrogens with zero attached hydrogens (tertiary/aromatic N) is 8. The second kappa shape index (κ2) is 7.47. The van der Waals surface area contributed by atoms with Gasteiger partial charge in [0.15, 0.2) is 5.82 Å². The van der Waals surface area contributed by atoms with E-state index in [1.54, 1.807) is 35.9 Å². The molecule has 4 rings (SSSR count). The molecule has 0 atom stereocenters. The number of aryl methyl sites for hydroxylation is 1. The van der Waals surface area contributed by atoms with E-state index in [0.717, 1.165) is 0 Å². The fourth-order valence-corrected chi connectivity index (χ4v) is 2.49. The molecule has 0 saturated heterocycles. The molecule has 3 aromatic heterocycles. The van der Waals surface area contributed by atoms with E-state index in [1.807, 2.05) is 0 Å². The number of ether oxygens (including phenoxy) is 1. The maximum absolute atomic E-state index is 12.7. The van der Waals surface area contributed by atoms with E-state index in [0.29, 0.717) is 28.8 Å². The van der Waals surface area contributed by atoms with Crippen molar-refractivity contribution >= 4 is 0 Å². The highest BCUT2D eigenvalue weighted by Gasteiger charge is 2.14. The Labute approximate surface area is 157 Å². The van der Waals surface area contributed by atoms with Crippen molar-refractivity contribution in [2.45, 2.75) is 20.0 Å². The van der Waals surface area contributed by atoms with Crippen LogP contribution in [0.3, 0.4) is 0 Å². The van der Waals surface area contributed by atoms with Crippen LogP contribution in [-0.2, 0) is 6.61 Å². The molecule has 0 aliphatic carbocycles. The van der Waals surface area contributed by atoms with Gasteiger partial charge in [-0.3, -0.25) is 0 Å². The number of benzene rings is 1. The predicted molar refractivity (Wildman–Crippen MR) is 92.3 cm³/mol. The Bertz CT molecular complexity index is 1050. The molecule has 1 aromatic carbocycles. The minimum Gasteiger partial charge on any atom is -0.470 e. The molecule has 0 aliphatic heterocycles. The van der Waals surface area contributed by atoms with Gasteiger partial charge in [-0.25, -0.2) is 23.1 Å². The monoisotopic (exact) mass is 384 g/mol. The van der Waals surface area contributed by atoms with Crippen molar-refractivity contribution in [1.82, 2.24) is 40.0 Å². The first-order valence-electron chi connectivity index (χ1n) is 8.23. The fraction of sp³-hybridized carbons (Fsp3) is 0.176. The zero-order valence-corrected chi connectivity index (χ0v) is 14.6. The molecular formula is C17H14F2N8O. The summed E-state index contributed by atoms with van der Waals surface area (Å²) >= 11 is 0. The first-order chi connectivity index (χ1) is 13.6. The van der Waals surface area contributed by atoms with E-state index < -0.39 is 6.43 Å². The maximum atomic E-state index is 12.7. The van der Waals surface area contributed by atoms with Crippen LogP contribution in [-0.4, -0.2) is 40.0 Å². The lowest BCUT2D eigenvalue weighted by atomic mass is 10.2. The minimum atomic E-state index is -2.52. The summed E-state index contributed by atoms with van der Waals surface area (Å²) in [6.45, 7) is 1.92. The predicted octanol–water partition coefficient (Wildman–Crippen LogP) is 2.46. The molecule has 4 aromatic rings. The average molecular weight is 384 g/mol. The van der Waals surface area contributed by atoms with Gasteiger partial charge in [-0.2, -0.15) is 5.10 Å². The first-order valence-corrected chi connectivity index (χ1v) is 8.23. The zero-order valence-electron chi connectivity index (χ0n) is 14.6. The zero-order chi connectivity index (χ0) is 19.5. The van der Waals surface area contributed by atoms with Gasteiger partial charge >= 0.3 is 0 Å². The van der Waals surface area contributed by atoms with Crippen molar-refractivity contribution in [3.8, 4) is 17.4 Å². The van der Waals surface area contributed by atoms with Gasteiger partial charge in [-0.05, 0) is 25.1 Å². The molecule has 0 unspecified atom stereocenters. The Morgan fingerprint density at radius 3 is 2.50 bits per heavy atom. The van der Waals surface area contributed by atoms with Gasteiger partial charge < -0.3 is 4.74 Å². The number of rotatable bonds is 6. The van der Waals surface area contributed by atoms with Gasteiger partial charge in [0, 0.05) is 11.6 Å². The molecule has 0 saturated carbocycles. The summed E-state index contributed by atoms with van der Waals surface area (Å²) in [5.41, 5.74) is 1.88. The molecule has 0 bridgehead atoms. The molecule has 0 radical (unpaired) electrons. The van der Waals surface area contributed by atoms with Crippen molar-refractivity contribution in [2.24, 2.45) is 0 Å². The normalized spacial score (nSPS) is 11.1. The van der Waals surface area contributed by atoms with E-state index in [2.05, 4.69) is 30.6 Å². The lowest BCUT2D eigenvalue weighted by molar-refractivity contribution is 0.151. The summed E-state index contributed by atoms with van der Waals surface area (Å²) < 4.78 is 34.2. The van der Waals surface area contributed by atoms with E-state index in [-0.39, 0.29) is 12.2 Å². The molecular weight excluding hydrogens is 370 g/mol. The van der Waals surface area contributed by atoms with Crippen molar-refractivity contribution < 1.29 is 13.5 Å². The highest BCUT2D eigenvalue weighted by Crippen LogP contribution is 2.21. The molecule has 0 N–H and O–H groups in total. The number of alkyl halides is 2. The van der Waals surface area contributed by atoms with Gasteiger partial charge in [-0.15, -0.1) is 15.3 Å². The Balaban J connectivity index is 1.50. The van der Waals surface area contributed by atoms with Crippen LogP contribution >= 0.6 is 0 Å². The van der Waals surface area contributed by atoms with E-state index >= 15 is 0 Å². The molecule has 0 fully saturated rings. The summed E-state index contributed by atoms with van der Waals surface area (Å²) in [5.74, 6) is 0.816. The number of hydrogen-bond donors (Lipinski definition) is 0. The molecule has 142 valence electrons. The van der Waals surface area contributed by atoms with Crippen LogP contribution in [0.2, 0.25) is 0 Å². The molecule has 3 heterocycles. The topological polar surface area (TPSA) is 96.4 Å². The fourth-order valence-electron chi connectivity index (χ4n) is 2.49. The van der Waals surface area contributed by atoms with Crippen LogP contribution in [0, 0.1) is 6.92 Å². The van der Waals surface area contributed by atoms with Gasteiger partial charge in [0.25, 0.3) is 6.43 Å². The summed E-state index contributed by atoms with van der Waals surface area (Å²) in [7, 11) is 0. The Morgan fingerprint density at radius 2 is 1.86 bits per heavy atom. The van der Waals surface area contributed by atoms with Crippen molar-refractivity contribution in [3.63, 3.8) is 0 Å². The Kier molecular flexibility index (Phi) is 4.70. The van der Waals surface area contributed by atoms with E-state index in [1.165, 1.54) is 29.5 Å². The largest absolute Gasteiger partial charge is 0.470 e. The summed E-state index contributed by atoms with van der Waals surface area (Å²) in [5, 5.41) is 20.1. The molecule has 0 aliphatic rings. The smallest absolute Gasteiger partial charge is 0.263 e. The molecule has 9 nitrogen and oxygen atoms in total. The number of halogens is 2. The van der Waals surface area contributed by atoms with Gasteiger partial charge in [0.2, 0.25) is 5.88 Å². The van der Waals surface area contributed by atoms with Gasteiger partial charge in [0.05, 0.1) is 11.4 Å². The van der Waals surface area contributed by atoms with Crippen molar-refractivity contribution in [2.75, 3.05) is 0 Å². The molecule has 0 spiro atoms. The molecule has 28 heavy (non-hydrogen) atoms. The number of hydrogen-bond acceptors (Lipinski definition) is 7. The van der Waals surface area contributed by atoms with Gasteiger partial charge in [0.1, 0.15) is 25.0 Å². The minimum absolute atomic E-state index is 0.0545. The lowest BCUT2D eigenvalue weighted by Crippen LogP contribution is -2.08. The summed E-state index contributed by atoms with van der Waals surface area (Å²) in [4.78, 5) is 3.85. The number of aromatic nitrogens is 8. The van der Waals surface area contributed by atoms with Crippen LogP contribution in [0.25, 0.3) is 11.5 Å².